The summed E-state index contributed by atoms with van der Waals surface area (Å²) in [6.07, 6.45) is 5.04. The molecule has 0 heterocycles. The molecule has 1 aliphatic rings. The quantitative estimate of drug-likeness (QED) is 0.726. The van der Waals surface area contributed by atoms with Crippen molar-refractivity contribution in [2.24, 2.45) is 5.92 Å². The summed E-state index contributed by atoms with van der Waals surface area (Å²) in [5, 5.41) is 0. The van der Waals surface area contributed by atoms with E-state index in [0.717, 1.165) is 37.7 Å². The van der Waals surface area contributed by atoms with Crippen molar-refractivity contribution < 1.29 is 9.59 Å². The van der Waals surface area contributed by atoms with E-state index in [-0.39, 0.29) is 5.78 Å². The maximum absolute atomic E-state index is 11.8. The van der Waals surface area contributed by atoms with E-state index >= 15 is 0 Å². The van der Waals surface area contributed by atoms with Crippen LogP contribution in [0, 0.1) is 5.92 Å². The zero-order chi connectivity index (χ0) is 12.1. The van der Waals surface area contributed by atoms with Crippen molar-refractivity contribution in [2.45, 2.75) is 38.5 Å². The first kappa shape index (κ1) is 12.0. The molecule has 0 aliphatic heterocycles. The van der Waals surface area contributed by atoms with Crippen molar-refractivity contribution in [1.82, 2.24) is 0 Å². The third-order valence-electron chi connectivity index (χ3n) is 3.46. The van der Waals surface area contributed by atoms with E-state index in [1.54, 1.807) is 0 Å². The van der Waals surface area contributed by atoms with Crippen LogP contribution in [0.5, 0.6) is 0 Å². The van der Waals surface area contributed by atoms with Gasteiger partial charge >= 0.3 is 0 Å². The number of hydrogen-bond acceptors (Lipinski definition) is 2. The molecule has 1 aromatic carbocycles. The van der Waals surface area contributed by atoms with Gasteiger partial charge in [-0.05, 0) is 25.2 Å². The van der Waals surface area contributed by atoms with E-state index in [1.165, 1.54) is 0 Å². The molecule has 1 atom stereocenters. The Balaban J connectivity index is 1.72. The average molecular weight is 230 g/mol. The summed E-state index contributed by atoms with van der Waals surface area (Å²) >= 11 is 0. The van der Waals surface area contributed by atoms with Gasteiger partial charge in [0, 0.05) is 24.8 Å². The molecule has 0 saturated heterocycles. The van der Waals surface area contributed by atoms with Gasteiger partial charge in [0.2, 0.25) is 0 Å². The number of carbonyl (C=O) groups excluding carboxylic acids is 2. The minimum absolute atomic E-state index is 0.218. The van der Waals surface area contributed by atoms with E-state index in [1.807, 2.05) is 30.3 Å². The number of rotatable bonds is 5. The Morgan fingerprint density at radius 2 is 2.00 bits per heavy atom. The fraction of sp³-hybridized carbons (Fsp3) is 0.467. The number of benzene rings is 1. The Hall–Kier alpha value is -1.44. The van der Waals surface area contributed by atoms with E-state index in [0.29, 0.717) is 18.1 Å². The Morgan fingerprint density at radius 1 is 1.24 bits per heavy atom. The minimum atomic E-state index is 0.218. The lowest BCUT2D eigenvalue weighted by atomic mass is 9.98. The topological polar surface area (TPSA) is 34.1 Å². The SMILES string of the molecule is O=C1CCC(CCCC(=O)c2ccccc2)C1. The highest BCUT2D eigenvalue weighted by atomic mass is 16.1. The maximum atomic E-state index is 11.8. The van der Waals surface area contributed by atoms with Crippen LogP contribution in [0.4, 0.5) is 0 Å². The predicted molar refractivity (Wildman–Crippen MR) is 67.0 cm³/mol. The van der Waals surface area contributed by atoms with Gasteiger partial charge in [-0.1, -0.05) is 30.3 Å². The lowest BCUT2D eigenvalue weighted by Gasteiger charge is -2.06. The Bertz CT molecular complexity index is 395. The largest absolute Gasteiger partial charge is 0.300 e. The molecule has 0 N–H and O–H groups in total. The van der Waals surface area contributed by atoms with Crippen molar-refractivity contribution in [1.29, 1.82) is 0 Å². The molecule has 0 aromatic heterocycles. The molecule has 2 heteroatoms. The lowest BCUT2D eigenvalue weighted by molar-refractivity contribution is -0.117. The second-order valence-electron chi connectivity index (χ2n) is 4.83. The van der Waals surface area contributed by atoms with Crippen LogP contribution in [0.25, 0.3) is 0 Å². The molecule has 2 nitrogen and oxygen atoms in total. The fourth-order valence-corrected chi connectivity index (χ4v) is 2.46. The summed E-state index contributed by atoms with van der Waals surface area (Å²) < 4.78 is 0. The van der Waals surface area contributed by atoms with Gasteiger partial charge in [0.15, 0.2) is 5.78 Å². The Kier molecular flexibility index (Phi) is 4.08. The monoisotopic (exact) mass is 230 g/mol. The normalized spacial score (nSPS) is 19.5. The fourth-order valence-electron chi connectivity index (χ4n) is 2.46. The first-order valence-electron chi connectivity index (χ1n) is 6.35. The summed E-state index contributed by atoms with van der Waals surface area (Å²) in [5.41, 5.74) is 0.801. The van der Waals surface area contributed by atoms with Gasteiger partial charge in [-0.25, -0.2) is 0 Å². The van der Waals surface area contributed by atoms with Gasteiger partial charge in [-0.2, -0.15) is 0 Å². The van der Waals surface area contributed by atoms with Crippen molar-refractivity contribution in [3.05, 3.63) is 35.9 Å². The first-order chi connectivity index (χ1) is 8.25. The van der Waals surface area contributed by atoms with Crippen LogP contribution in [-0.4, -0.2) is 11.6 Å². The van der Waals surface area contributed by atoms with Crippen LogP contribution in [-0.2, 0) is 4.79 Å². The highest BCUT2D eigenvalue weighted by Gasteiger charge is 2.21. The lowest BCUT2D eigenvalue weighted by Crippen LogP contribution is -2.01. The molecular weight excluding hydrogens is 212 g/mol. The minimum Gasteiger partial charge on any atom is -0.300 e. The standard InChI is InChI=1S/C15H18O2/c16-14-10-9-12(11-14)5-4-8-15(17)13-6-2-1-3-7-13/h1-3,6-7,12H,4-5,8-11H2. The van der Waals surface area contributed by atoms with Crippen LogP contribution in [0.1, 0.15) is 48.9 Å². The van der Waals surface area contributed by atoms with Gasteiger partial charge in [-0.15, -0.1) is 0 Å². The number of ketones is 2. The van der Waals surface area contributed by atoms with Crippen molar-refractivity contribution in [3.63, 3.8) is 0 Å². The molecule has 1 unspecified atom stereocenters. The van der Waals surface area contributed by atoms with Crippen molar-refractivity contribution in [2.75, 3.05) is 0 Å². The molecule has 1 aromatic rings. The van der Waals surface area contributed by atoms with Crippen molar-refractivity contribution >= 4 is 11.6 Å². The highest BCUT2D eigenvalue weighted by Crippen LogP contribution is 2.26. The average Bonchev–Trinajstić information content (AvgIpc) is 2.76. The van der Waals surface area contributed by atoms with Gasteiger partial charge in [-0.3, -0.25) is 9.59 Å². The highest BCUT2D eigenvalue weighted by molar-refractivity contribution is 5.95. The van der Waals surface area contributed by atoms with Gasteiger partial charge in [0.05, 0.1) is 0 Å². The molecule has 1 fully saturated rings. The Labute approximate surface area is 102 Å². The number of carbonyl (C=O) groups is 2. The molecule has 0 spiro atoms. The second kappa shape index (κ2) is 5.76. The van der Waals surface area contributed by atoms with Gasteiger partial charge in [0.25, 0.3) is 0 Å². The smallest absolute Gasteiger partial charge is 0.162 e. The summed E-state index contributed by atoms with van der Waals surface area (Å²) in [5.74, 6) is 1.14. The summed E-state index contributed by atoms with van der Waals surface area (Å²) in [7, 11) is 0. The van der Waals surface area contributed by atoms with Gasteiger partial charge < -0.3 is 0 Å². The molecule has 17 heavy (non-hydrogen) atoms. The molecule has 1 saturated carbocycles. The Morgan fingerprint density at radius 3 is 2.65 bits per heavy atom. The van der Waals surface area contributed by atoms with Crippen LogP contribution >= 0.6 is 0 Å². The molecule has 90 valence electrons. The summed E-state index contributed by atoms with van der Waals surface area (Å²) in [4.78, 5) is 22.9. The second-order valence-corrected chi connectivity index (χ2v) is 4.83. The predicted octanol–water partition coefficient (Wildman–Crippen LogP) is 3.41. The van der Waals surface area contributed by atoms with Crippen LogP contribution in [0.3, 0.4) is 0 Å². The number of hydrogen-bond donors (Lipinski definition) is 0. The van der Waals surface area contributed by atoms with Crippen LogP contribution < -0.4 is 0 Å². The van der Waals surface area contributed by atoms with Crippen LogP contribution in [0.15, 0.2) is 30.3 Å². The molecule has 0 amide bonds. The van der Waals surface area contributed by atoms with E-state index in [2.05, 4.69) is 0 Å². The zero-order valence-corrected chi connectivity index (χ0v) is 10.0. The number of Topliss-reactive ketones (excluding diaryl/α,β-unsaturated/α-hetero) is 2. The van der Waals surface area contributed by atoms with Crippen LogP contribution in [0.2, 0.25) is 0 Å². The molecule has 0 bridgehead atoms. The van der Waals surface area contributed by atoms with Gasteiger partial charge in [0.1, 0.15) is 5.78 Å². The van der Waals surface area contributed by atoms with Crippen molar-refractivity contribution in [3.8, 4) is 0 Å². The summed E-state index contributed by atoms with van der Waals surface area (Å²) in [6.45, 7) is 0. The maximum Gasteiger partial charge on any atom is 0.162 e. The molecule has 2 rings (SSSR count). The molecule has 0 radical (unpaired) electrons. The zero-order valence-electron chi connectivity index (χ0n) is 10.0. The molecular formula is C15H18O2. The van der Waals surface area contributed by atoms with E-state index in [4.69, 9.17) is 0 Å². The first-order valence-corrected chi connectivity index (χ1v) is 6.35. The molecule has 1 aliphatic carbocycles. The third kappa shape index (κ3) is 3.52. The van der Waals surface area contributed by atoms with E-state index < -0.39 is 0 Å². The summed E-state index contributed by atoms with van der Waals surface area (Å²) in [6, 6.07) is 9.43. The van der Waals surface area contributed by atoms with E-state index in [9.17, 15) is 9.59 Å². The third-order valence-corrected chi connectivity index (χ3v) is 3.46.